The average Bonchev–Trinajstić information content (AvgIpc) is 2.72. The molecule has 0 N–H and O–H groups in total. The first-order valence-electron chi connectivity index (χ1n) is 7.39. The van der Waals surface area contributed by atoms with Crippen molar-refractivity contribution in [2.45, 2.75) is 44.4 Å². The molecule has 2 rings (SSSR count). The zero-order chi connectivity index (χ0) is 13.9. The fraction of sp³-hybridized carbons (Fsp3) is 0.529. The Labute approximate surface area is 119 Å². The Bertz CT molecular complexity index is 432. The second kappa shape index (κ2) is 5.64. The summed E-state index contributed by atoms with van der Waals surface area (Å²) in [5.41, 5.74) is 4.21. The molecule has 1 aromatic rings. The van der Waals surface area contributed by atoms with E-state index in [1.165, 1.54) is 24.9 Å². The van der Waals surface area contributed by atoms with Crippen molar-refractivity contribution in [3.8, 4) is 0 Å². The minimum Gasteiger partial charge on any atom is -0.296 e. The summed E-state index contributed by atoms with van der Waals surface area (Å²) in [7, 11) is 1.20. The Kier molecular flexibility index (Phi) is 4.31. The Balaban J connectivity index is 2.25. The SMILES string of the molecule is CN1CCCC1(C/C=C/[Si](C)(C)C)c1ccccc1. The van der Waals surface area contributed by atoms with Gasteiger partial charge in [-0.1, -0.05) is 61.7 Å². The standard InChI is InChI=1S/C17H27NSi/c1-18-14-8-12-17(18,13-9-15-19(2,3)4)16-10-6-5-7-11-16/h5-7,9-11,15H,8,12-14H2,1-4H3/b15-9+. The first kappa shape index (κ1) is 14.5. The van der Waals surface area contributed by atoms with Crippen LogP contribution in [0.4, 0.5) is 0 Å². The third-order valence-corrected chi connectivity index (χ3v) is 5.43. The zero-order valence-corrected chi connectivity index (χ0v) is 13.8. The van der Waals surface area contributed by atoms with Gasteiger partial charge in [-0.3, -0.25) is 4.90 Å². The van der Waals surface area contributed by atoms with E-state index >= 15 is 0 Å². The lowest BCUT2D eigenvalue weighted by Gasteiger charge is -2.36. The number of nitrogens with zero attached hydrogens (tertiary/aromatic N) is 1. The van der Waals surface area contributed by atoms with E-state index in [1.54, 1.807) is 0 Å². The van der Waals surface area contributed by atoms with Crippen molar-refractivity contribution in [3.05, 3.63) is 47.7 Å². The third-order valence-electron chi connectivity index (χ3n) is 4.20. The van der Waals surface area contributed by atoms with Gasteiger partial charge < -0.3 is 0 Å². The van der Waals surface area contributed by atoms with Crippen molar-refractivity contribution in [1.82, 2.24) is 4.90 Å². The summed E-state index contributed by atoms with van der Waals surface area (Å²) in [6.07, 6.45) is 6.19. The van der Waals surface area contributed by atoms with Crippen molar-refractivity contribution in [2.24, 2.45) is 0 Å². The highest BCUT2D eigenvalue weighted by Gasteiger charge is 2.38. The van der Waals surface area contributed by atoms with E-state index in [-0.39, 0.29) is 5.54 Å². The molecule has 0 radical (unpaired) electrons. The van der Waals surface area contributed by atoms with Crippen LogP contribution in [0.1, 0.15) is 24.8 Å². The van der Waals surface area contributed by atoms with E-state index in [1.807, 2.05) is 0 Å². The van der Waals surface area contributed by atoms with E-state index in [2.05, 4.69) is 73.7 Å². The van der Waals surface area contributed by atoms with Crippen molar-refractivity contribution in [3.63, 3.8) is 0 Å². The molecule has 1 unspecified atom stereocenters. The van der Waals surface area contributed by atoms with Crippen LogP contribution in [0.5, 0.6) is 0 Å². The van der Waals surface area contributed by atoms with E-state index in [4.69, 9.17) is 0 Å². The van der Waals surface area contributed by atoms with Gasteiger partial charge in [0.05, 0.1) is 8.07 Å². The lowest BCUT2D eigenvalue weighted by atomic mass is 9.84. The van der Waals surface area contributed by atoms with Crippen molar-refractivity contribution >= 4 is 8.07 Å². The van der Waals surface area contributed by atoms with Gasteiger partial charge in [0.25, 0.3) is 0 Å². The molecule has 104 valence electrons. The maximum atomic E-state index is 2.55. The molecule has 0 bridgehead atoms. The molecule has 1 heterocycles. The molecule has 19 heavy (non-hydrogen) atoms. The number of rotatable bonds is 4. The monoisotopic (exact) mass is 273 g/mol. The van der Waals surface area contributed by atoms with Gasteiger partial charge in [0.2, 0.25) is 0 Å². The number of hydrogen-bond acceptors (Lipinski definition) is 1. The number of likely N-dealkylation sites (tertiary alicyclic amines) is 1. The van der Waals surface area contributed by atoms with Crippen LogP contribution in [-0.2, 0) is 5.54 Å². The van der Waals surface area contributed by atoms with Crippen LogP contribution in [-0.4, -0.2) is 26.6 Å². The Morgan fingerprint density at radius 1 is 1.21 bits per heavy atom. The van der Waals surface area contributed by atoms with E-state index in [9.17, 15) is 0 Å². The highest BCUT2D eigenvalue weighted by molar-refractivity contribution is 6.80. The summed E-state index contributed by atoms with van der Waals surface area (Å²) in [4.78, 5) is 2.55. The number of benzene rings is 1. The molecule has 1 nitrogen and oxygen atoms in total. The van der Waals surface area contributed by atoms with Gasteiger partial charge in [-0.15, -0.1) is 0 Å². The lowest BCUT2D eigenvalue weighted by molar-refractivity contribution is 0.177. The molecular formula is C17H27NSi. The summed E-state index contributed by atoms with van der Waals surface area (Å²) < 4.78 is 0. The summed E-state index contributed by atoms with van der Waals surface area (Å²) in [5, 5.41) is 0. The first-order chi connectivity index (χ1) is 8.94. The zero-order valence-electron chi connectivity index (χ0n) is 12.8. The van der Waals surface area contributed by atoms with Gasteiger partial charge in [0.1, 0.15) is 0 Å². The molecular weight excluding hydrogens is 246 g/mol. The summed E-state index contributed by atoms with van der Waals surface area (Å²) in [5.74, 6) is 0. The van der Waals surface area contributed by atoms with Crippen LogP contribution >= 0.6 is 0 Å². The summed E-state index contributed by atoms with van der Waals surface area (Å²) >= 11 is 0. The van der Waals surface area contributed by atoms with E-state index in [0.717, 1.165) is 6.42 Å². The molecule has 2 heteroatoms. The normalized spacial score (nSPS) is 25.3. The van der Waals surface area contributed by atoms with E-state index < -0.39 is 8.07 Å². The van der Waals surface area contributed by atoms with Crippen LogP contribution < -0.4 is 0 Å². The molecule has 1 aliphatic rings. The molecule has 1 aromatic carbocycles. The predicted octanol–water partition coefficient (Wildman–Crippen LogP) is 4.43. The topological polar surface area (TPSA) is 3.24 Å². The molecule has 1 fully saturated rings. The minimum atomic E-state index is -1.08. The maximum Gasteiger partial charge on any atom is 0.0682 e. The first-order valence-corrected chi connectivity index (χ1v) is 11.0. The Morgan fingerprint density at radius 3 is 2.42 bits per heavy atom. The molecule has 0 aliphatic carbocycles. The average molecular weight is 273 g/mol. The van der Waals surface area contributed by atoms with Crippen molar-refractivity contribution in [1.29, 1.82) is 0 Å². The molecule has 0 saturated carbocycles. The molecule has 1 atom stereocenters. The Hall–Kier alpha value is -0.863. The van der Waals surface area contributed by atoms with Crippen LogP contribution in [0.15, 0.2) is 42.1 Å². The molecule has 0 aromatic heterocycles. The fourth-order valence-electron chi connectivity index (χ4n) is 3.11. The quantitative estimate of drug-likeness (QED) is 0.734. The van der Waals surface area contributed by atoms with Crippen LogP contribution in [0.25, 0.3) is 0 Å². The summed E-state index contributed by atoms with van der Waals surface area (Å²) in [6.45, 7) is 8.42. The molecule has 1 aliphatic heterocycles. The van der Waals surface area contributed by atoms with Gasteiger partial charge in [-0.05, 0) is 38.4 Å². The van der Waals surface area contributed by atoms with Gasteiger partial charge in [-0.2, -0.15) is 0 Å². The fourth-order valence-corrected chi connectivity index (χ4v) is 3.93. The lowest BCUT2D eigenvalue weighted by Crippen LogP contribution is -2.38. The van der Waals surface area contributed by atoms with Crippen molar-refractivity contribution in [2.75, 3.05) is 13.6 Å². The van der Waals surface area contributed by atoms with Crippen LogP contribution in [0, 0.1) is 0 Å². The van der Waals surface area contributed by atoms with Gasteiger partial charge in [-0.25, -0.2) is 0 Å². The molecule has 1 saturated heterocycles. The molecule has 0 amide bonds. The van der Waals surface area contributed by atoms with Gasteiger partial charge >= 0.3 is 0 Å². The van der Waals surface area contributed by atoms with Crippen molar-refractivity contribution < 1.29 is 0 Å². The van der Waals surface area contributed by atoms with Crippen LogP contribution in [0.2, 0.25) is 19.6 Å². The third kappa shape index (κ3) is 3.37. The minimum absolute atomic E-state index is 0.234. The Morgan fingerprint density at radius 2 is 1.89 bits per heavy atom. The second-order valence-corrected chi connectivity index (χ2v) is 12.0. The highest BCUT2D eigenvalue weighted by Crippen LogP contribution is 2.41. The largest absolute Gasteiger partial charge is 0.296 e. The van der Waals surface area contributed by atoms with Gasteiger partial charge in [0, 0.05) is 5.54 Å². The second-order valence-electron chi connectivity index (χ2n) is 6.90. The summed E-state index contributed by atoms with van der Waals surface area (Å²) in [6, 6.07) is 11.1. The van der Waals surface area contributed by atoms with Gasteiger partial charge in [0.15, 0.2) is 0 Å². The number of hydrogen-bond donors (Lipinski definition) is 0. The van der Waals surface area contributed by atoms with Crippen LogP contribution in [0.3, 0.4) is 0 Å². The highest BCUT2D eigenvalue weighted by atomic mass is 28.3. The molecule has 0 spiro atoms. The van der Waals surface area contributed by atoms with E-state index in [0.29, 0.717) is 0 Å². The maximum absolute atomic E-state index is 2.55. The predicted molar refractivity (Wildman–Crippen MR) is 87.1 cm³/mol. The smallest absolute Gasteiger partial charge is 0.0682 e.